The summed E-state index contributed by atoms with van der Waals surface area (Å²) in [6.07, 6.45) is 0. The Bertz CT molecular complexity index is 176. The van der Waals surface area contributed by atoms with Crippen molar-refractivity contribution in [3.05, 3.63) is 14.5 Å². The first-order chi connectivity index (χ1) is 3.70. The first-order valence-corrected chi connectivity index (χ1v) is 3.56. The van der Waals surface area contributed by atoms with Gasteiger partial charge in [0.05, 0.1) is 0 Å². The second-order valence-corrected chi connectivity index (χ2v) is 3.46. The molecule has 0 aliphatic carbocycles. The van der Waals surface area contributed by atoms with Crippen molar-refractivity contribution in [1.82, 2.24) is 4.98 Å². The highest BCUT2D eigenvalue weighted by atomic mass is 35.5. The molecule has 1 rings (SSSR count). The summed E-state index contributed by atoms with van der Waals surface area (Å²) in [5.74, 6) is 0. The number of hydrogen-bond donors (Lipinski definition) is 0. The molecule has 0 atom stereocenters. The van der Waals surface area contributed by atoms with Crippen molar-refractivity contribution in [2.24, 2.45) is 0 Å². The van der Waals surface area contributed by atoms with E-state index in [1.54, 1.807) is 0 Å². The minimum absolute atomic E-state index is 0.507. The van der Waals surface area contributed by atoms with Gasteiger partial charge in [-0.15, -0.1) is 11.3 Å². The minimum atomic E-state index is 0.507. The monoisotopic (exact) mass is 167 g/mol. The number of aryl methyl sites for hydroxylation is 1. The van der Waals surface area contributed by atoms with Gasteiger partial charge in [-0.05, 0) is 6.92 Å². The Labute approximate surface area is 61.3 Å². The largest absolute Gasteiger partial charge is 0.213 e. The Morgan fingerprint density at radius 1 is 1.50 bits per heavy atom. The molecular formula is C4H3Cl2NS. The van der Waals surface area contributed by atoms with Crippen LogP contribution in [0.1, 0.15) is 4.88 Å². The average molecular weight is 168 g/mol. The van der Waals surface area contributed by atoms with Gasteiger partial charge in [-0.2, -0.15) is 0 Å². The molecule has 1 heterocycles. The standard InChI is InChI=1S/C4H3Cl2NS/c1-2-3(5)7-4(6)8-2/h1H3. The Hall–Kier alpha value is 0.210. The molecule has 0 unspecified atom stereocenters. The van der Waals surface area contributed by atoms with Crippen LogP contribution in [0.25, 0.3) is 0 Å². The molecule has 1 nitrogen and oxygen atoms in total. The molecule has 0 saturated heterocycles. The summed E-state index contributed by atoms with van der Waals surface area (Å²) < 4.78 is 0.507. The van der Waals surface area contributed by atoms with Crippen LogP contribution in [0, 0.1) is 6.92 Å². The van der Waals surface area contributed by atoms with Gasteiger partial charge in [0.1, 0.15) is 5.15 Å². The highest BCUT2D eigenvalue weighted by Gasteiger charge is 1.99. The lowest BCUT2D eigenvalue weighted by Crippen LogP contribution is -1.60. The Morgan fingerprint density at radius 3 is 2.25 bits per heavy atom. The molecule has 0 radical (unpaired) electrons. The van der Waals surface area contributed by atoms with E-state index in [-0.39, 0.29) is 0 Å². The lowest BCUT2D eigenvalue weighted by Gasteiger charge is -1.74. The number of nitrogens with zero attached hydrogens (tertiary/aromatic N) is 1. The Balaban J connectivity index is 3.14. The Morgan fingerprint density at radius 2 is 2.12 bits per heavy atom. The topological polar surface area (TPSA) is 12.9 Å². The number of halogens is 2. The molecule has 0 aromatic carbocycles. The van der Waals surface area contributed by atoms with Crippen LogP contribution in [0.2, 0.25) is 9.62 Å². The van der Waals surface area contributed by atoms with Crippen LogP contribution in [0.4, 0.5) is 0 Å². The Kier molecular flexibility index (Phi) is 1.75. The molecule has 0 amide bonds. The molecule has 4 heteroatoms. The van der Waals surface area contributed by atoms with Gasteiger partial charge in [-0.3, -0.25) is 0 Å². The van der Waals surface area contributed by atoms with Crippen LogP contribution in [-0.4, -0.2) is 4.98 Å². The van der Waals surface area contributed by atoms with Crippen molar-refractivity contribution >= 4 is 34.5 Å². The van der Waals surface area contributed by atoms with E-state index in [0.29, 0.717) is 9.62 Å². The van der Waals surface area contributed by atoms with Crippen molar-refractivity contribution in [3.63, 3.8) is 0 Å². The van der Waals surface area contributed by atoms with Gasteiger partial charge < -0.3 is 0 Å². The number of thiazole rings is 1. The molecule has 0 bridgehead atoms. The van der Waals surface area contributed by atoms with E-state index in [9.17, 15) is 0 Å². The fraction of sp³-hybridized carbons (Fsp3) is 0.250. The summed E-state index contributed by atoms with van der Waals surface area (Å²) in [6, 6.07) is 0. The maximum atomic E-state index is 5.54. The quantitative estimate of drug-likeness (QED) is 0.580. The third-order valence-electron chi connectivity index (χ3n) is 0.714. The zero-order valence-electron chi connectivity index (χ0n) is 4.11. The third kappa shape index (κ3) is 1.13. The molecule has 0 aliphatic heterocycles. The van der Waals surface area contributed by atoms with Gasteiger partial charge in [-0.1, -0.05) is 23.2 Å². The summed E-state index contributed by atoms with van der Waals surface area (Å²) in [7, 11) is 0. The predicted molar refractivity (Wildman–Crippen MR) is 36.9 cm³/mol. The minimum Gasteiger partial charge on any atom is -0.213 e. The number of aromatic nitrogens is 1. The first-order valence-electron chi connectivity index (χ1n) is 1.98. The van der Waals surface area contributed by atoms with Crippen molar-refractivity contribution in [3.8, 4) is 0 Å². The van der Waals surface area contributed by atoms with Gasteiger partial charge >= 0.3 is 0 Å². The SMILES string of the molecule is Cc1sc(Cl)nc1Cl. The van der Waals surface area contributed by atoms with E-state index in [2.05, 4.69) is 4.98 Å². The van der Waals surface area contributed by atoms with Crippen LogP contribution in [0.15, 0.2) is 0 Å². The second-order valence-electron chi connectivity index (χ2n) is 1.31. The van der Waals surface area contributed by atoms with Gasteiger partial charge in [-0.25, -0.2) is 4.98 Å². The highest BCUT2D eigenvalue weighted by Crippen LogP contribution is 2.24. The third-order valence-corrected chi connectivity index (χ3v) is 2.27. The van der Waals surface area contributed by atoms with E-state index < -0.39 is 0 Å². The van der Waals surface area contributed by atoms with E-state index in [1.165, 1.54) is 11.3 Å². The maximum absolute atomic E-state index is 5.54. The van der Waals surface area contributed by atoms with Gasteiger partial charge in [0.2, 0.25) is 0 Å². The smallest absolute Gasteiger partial charge is 0.185 e. The van der Waals surface area contributed by atoms with Crippen LogP contribution < -0.4 is 0 Å². The second kappa shape index (κ2) is 2.21. The van der Waals surface area contributed by atoms with E-state index >= 15 is 0 Å². The van der Waals surface area contributed by atoms with Gasteiger partial charge in [0.15, 0.2) is 4.47 Å². The zero-order chi connectivity index (χ0) is 6.15. The highest BCUT2D eigenvalue weighted by molar-refractivity contribution is 7.16. The molecule has 0 N–H and O–H groups in total. The average Bonchev–Trinajstić information content (AvgIpc) is 1.85. The van der Waals surface area contributed by atoms with Crippen molar-refractivity contribution in [2.45, 2.75) is 6.92 Å². The van der Waals surface area contributed by atoms with Crippen LogP contribution in [0.3, 0.4) is 0 Å². The number of rotatable bonds is 0. The molecule has 1 aromatic rings. The van der Waals surface area contributed by atoms with Crippen molar-refractivity contribution < 1.29 is 0 Å². The van der Waals surface area contributed by atoms with Crippen molar-refractivity contribution in [1.29, 1.82) is 0 Å². The summed E-state index contributed by atoms with van der Waals surface area (Å²) >= 11 is 12.4. The lowest BCUT2D eigenvalue weighted by atomic mass is 10.6. The summed E-state index contributed by atoms with van der Waals surface area (Å²) in [4.78, 5) is 4.73. The summed E-state index contributed by atoms with van der Waals surface area (Å²) in [5, 5.41) is 0.514. The van der Waals surface area contributed by atoms with E-state index in [0.717, 1.165) is 4.88 Å². The fourth-order valence-electron chi connectivity index (χ4n) is 0.347. The molecule has 8 heavy (non-hydrogen) atoms. The first kappa shape index (κ1) is 6.33. The molecule has 1 aromatic heterocycles. The zero-order valence-corrected chi connectivity index (χ0v) is 6.44. The molecule has 0 fully saturated rings. The molecule has 0 saturated carbocycles. The van der Waals surface area contributed by atoms with Gasteiger partial charge in [0.25, 0.3) is 0 Å². The van der Waals surface area contributed by atoms with Gasteiger partial charge in [0, 0.05) is 4.88 Å². The molecule has 0 aliphatic rings. The summed E-state index contributed by atoms with van der Waals surface area (Å²) in [6.45, 7) is 1.88. The van der Waals surface area contributed by atoms with Crippen LogP contribution >= 0.6 is 34.5 Å². The van der Waals surface area contributed by atoms with Crippen LogP contribution in [0.5, 0.6) is 0 Å². The molecular weight excluding hydrogens is 165 g/mol. The molecule has 0 spiro atoms. The molecule has 44 valence electrons. The lowest BCUT2D eigenvalue weighted by molar-refractivity contribution is 1.39. The van der Waals surface area contributed by atoms with E-state index in [4.69, 9.17) is 23.2 Å². The summed E-state index contributed by atoms with van der Waals surface area (Å²) in [5.41, 5.74) is 0. The fourth-order valence-corrected chi connectivity index (χ4v) is 1.59. The number of hydrogen-bond acceptors (Lipinski definition) is 2. The maximum Gasteiger partial charge on any atom is 0.185 e. The predicted octanol–water partition coefficient (Wildman–Crippen LogP) is 2.76. The van der Waals surface area contributed by atoms with E-state index in [1.807, 2.05) is 6.92 Å². The van der Waals surface area contributed by atoms with Crippen LogP contribution in [-0.2, 0) is 0 Å². The van der Waals surface area contributed by atoms with Crippen molar-refractivity contribution in [2.75, 3.05) is 0 Å². The normalized spacial score (nSPS) is 9.88.